The van der Waals surface area contributed by atoms with Crippen LogP contribution >= 0.6 is 0 Å². The third-order valence-electron chi connectivity index (χ3n) is 1.88. The lowest BCUT2D eigenvalue weighted by molar-refractivity contribution is 0.568. The van der Waals surface area contributed by atoms with Crippen molar-refractivity contribution < 1.29 is 4.55 Å². The number of allylic oxidation sites excluding steroid dienone is 3. The van der Waals surface area contributed by atoms with Crippen molar-refractivity contribution in [2.45, 2.75) is 18.1 Å². The van der Waals surface area contributed by atoms with E-state index in [9.17, 15) is 4.55 Å². The fourth-order valence-electron chi connectivity index (χ4n) is 0.921. The Bertz CT molecular complexity index is 172. The van der Waals surface area contributed by atoms with Gasteiger partial charge in [-0.25, -0.2) is 0 Å². The van der Waals surface area contributed by atoms with E-state index in [4.69, 9.17) is 0 Å². The van der Waals surface area contributed by atoms with Crippen LogP contribution < -0.4 is 0 Å². The standard InChI is InChI=1S/C8H12OS/c1-8(10(2)9)6-4-3-5-7-8/h3-6H,7H2,1-2H3. The lowest BCUT2D eigenvalue weighted by Gasteiger charge is -2.26. The van der Waals surface area contributed by atoms with Gasteiger partial charge in [0, 0.05) is 6.42 Å². The number of hydrogen-bond acceptors (Lipinski definition) is 1. The van der Waals surface area contributed by atoms with Gasteiger partial charge in [-0.3, -0.25) is 0 Å². The zero-order chi connectivity index (χ0) is 7.61. The Morgan fingerprint density at radius 2 is 2.20 bits per heavy atom. The summed E-state index contributed by atoms with van der Waals surface area (Å²) < 4.78 is 11.0. The Hall–Kier alpha value is -0.210. The molecule has 0 aromatic heterocycles. The first-order valence-electron chi connectivity index (χ1n) is 3.33. The van der Waals surface area contributed by atoms with E-state index in [1.165, 1.54) is 0 Å². The molecule has 0 saturated carbocycles. The summed E-state index contributed by atoms with van der Waals surface area (Å²) in [5.41, 5.74) is 0. The van der Waals surface area contributed by atoms with E-state index in [0.717, 1.165) is 6.42 Å². The molecule has 0 saturated heterocycles. The molecule has 2 heteroatoms. The van der Waals surface area contributed by atoms with E-state index >= 15 is 0 Å². The molecule has 0 aromatic rings. The number of rotatable bonds is 1. The van der Waals surface area contributed by atoms with Crippen LogP contribution in [0.1, 0.15) is 13.3 Å². The van der Waals surface area contributed by atoms with E-state index in [0.29, 0.717) is 0 Å². The van der Waals surface area contributed by atoms with Crippen molar-refractivity contribution in [2.24, 2.45) is 0 Å². The van der Waals surface area contributed by atoms with Crippen LogP contribution in [0.5, 0.6) is 0 Å². The van der Waals surface area contributed by atoms with Crippen LogP contribution in [0.25, 0.3) is 0 Å². The van der Waals surface area contributed by atoms with Gasteiger partial charge >= 0.3 is 0 Å². The molecule has 1 nitrogen and oxygen atoms in total. The summed E-state index contributed by atoms with van der Waals surface area (Å²) in [6.45, 7) is 2.02. The molecule has 0 radical (unpaired) electrons. The highest BCUT2D eigenvalue weighted by Crippen LogP contribution is 2.25. The fraction of sp³-hybridized carbons (Fsp3) is 0.500. The van der Waals surface area contributed by atoms with Gasteiger partial charge in [-0.15, -0.1) is 0 Å². The van der Waals surface area contributed by atoms with Crippen molar-refractivity contribution in [3.05, 3.63) is 24.3 Å². The van der Waals surface area contributed by atoms with Gasteiger partial charge in [-0.05, 0) is 24.2 Å². The lowest BCUT2D eigenvalue weighted by atomic mass is 10.0. The van der Waals surface area contributed by atoms with Crippen molar-refractivity contribution in [3.8, 4) is 0 Å². The normalized spacial score (nSPS) is 34.3. The highest BCUT2D eigenvalue weighted by molar-refractivity contribution is 7.92. The van der Waals surface area contributed by atoms with E-state index in [2.05, 4.69) is 6.08 Å². The van der Waals surface area contributed by atoms with Crippen LogP contribution in [0.3, 0.4) is 0 Å². The van der Waals surface area contributed by atoms with Crippen molar-refractivity contribution in [3.63, 3.8) is 0 Å². The Balaban J connectivity index is 2.70. The summed E-state index contributed by atoms with van der Waals surface area (Å²) in [6, 6.07) is 0. The molecule has 0 fully saturated rings. The first-order valence-corrected chi connectivity index (χ1v) is 4.89. The predicted octanol–water partition coefficient (Wildman–Crippen LogP) is 1.64. The zero-order valence-electron chi connectivity index (χ0n) is 6.33. The maximum atomic E-state index is 11.1. The average Bonchev–Trinajstić information content (AvgIpc) is 1.89. The molecule has 0 aromatic carbocycles. The molecule has 56 valence electrons. The lowest BCUT2D eigenvalue weighted by Crippen LogP contribution is -2.32. The highest BCUT2D eigenvalue weighted by atomic mass is 32.2. The molecule has 1 aliphatic rings. The minimum Gasteiger partial charge on any atom is -0.616 e. The molecule has 2 unspecified atom stereocenters. The molecule has 0 N–H and O–H groups in total. The second kappa shape index (κ2) is 2.81. The van der Waals surface area contributed by atoms with Gasteiger partial charge in [-0.2, -0.15) is 0 Å². The van der Waals surface area contributed by atoms with Gasteiger partial charge in [0.2, 0.25) is 0 Å². The van der Waals surface area contributed by atoms with Crippen LogP contribution in [-0.4, -0.2) is 15.6 Å². The van der Waals surface area contributed by atoms with E-state index < -0.39 is 11.2 Å². The van der Waals surface area contributed by atoms with E-state index in [1.54, 1.807) is 6.26 Å². The third-order valence-corrected chi connectivity index (χ3v) is 3.49. The van der Waals surface area contributed by atoms with Gasteiger partial charge in [-0.1, -0.05) is 18.2 Å². The Kier molecular flexibility index (Phi) is 2.21. The maximum Gasteiger partial charge on any atom is 0.144 e. The van der Waals surface area contributed by atoms with E-state index in [-0.39, 0.29) is 4.75 Å². The molecule has 0 amide bonds. The summed E-state index contributed by atoms with van der Waals surface area (Å²) in [6.07, 6.45) is 10.7. The highest BCUT2D eigenvalue weighted by Gasteiger charge is 2.30. The number of hydrogen-bond donors (Lipinski definition) is 0. The Morgan fingerprint density at radius 1 is 1.50 bits per heavy atom. The summed E-state index contributed by atoms with van der Waals surface area (Å²) >= 11 is -0.756. The van der Waals surface area contributed by atoms with Crippen LogP contribution in [-0.2, 0) is 11.2 Å². The molecule has 0 bridgehead atoms. The largest absolute Gasteiger partial charge is 0.616 e. The average molecular weight is 156 g/mol. The fourth-order valence-corrected chi connectivity index (χ4v) is 1.52. The maximum absolute atomic E-state index is 11.1. The quantitative estimate of drug-likeness (QED) is 0.529. The van der Waals surface area contributed by atoms with E-state index in [1.807, 2.05) is 25.2 Å². The molecule has 0 aliphatic heterocycles. The van der Waals surface area contributed by atoms with Crippen molar-refractivity contribution in [1.29, 1.82) is 0 Å². The van der Waals surface area contributed by atoms with Gasteiger partial charge in [0.15, 0.2) is 0 Å². The minimum absolute atomic E-state index is 0.116. The smallest absolute Gasteiger partial charge is 0.144 e. The Labute approximate surface area is 65.0 Å². The van der Waals surface area contributed by atoms with Crippen molar-refractivity contribution in [1.82, 2.24) is 0 Å². The molecule has 0 heterocycles. The van der Waals surface area contributed by atoms with Gasteiger partial charge in [0.05, 0.1) is 6.26 Å². The molecular formula is C8H12OS. The second-order valence-corrected chi connectivity index (χ2v) is 4.60. The first-order chi connectivity index (χ1) is 4.65. The minimum atomic E-state index is -0.756. The van der Waals surface area contributed by atoms with Crippen LogP contribution in [0.4, 0.5) is 0 Å². The molecule has 1 aliphatic carbocycles. The molecule has 0 spiro atoms. The summed E-state index contributed by atoms with van der Waals surface area (Å²) in [7, 11) is 0. The summed E-state index contributed by atoms with van der Waals surface area (Å²) in [5.74, 6) is 0. The van der Waals surface area contributed by atoms with Crippen LogP contribution in [0, 0.1) is 0 Å². The van der Waals surface area contributed by atoms with Crippen molar-refractivity contribution in [2.75, 3.05) is 6.26 Å². The monoisotopic (exact) mass is 156 g/mol. The molecule has 2 atom stereocenters. The second-order valence-electron chi connectivity index (χ2n) is 2.76. The Morgan fingerprint density at radius 3 is 2.50 bits per heavy atom. The van der Waals surface area contributed by atoms with Crippen molar-refractivity contribution >= 4 is 11.2 Å². The van der Waals surface area contributed by atoms with Crippen LogP contribution in [0.15, 0.2) is 24.3 Å². The SMILES string of the molecule is C[S+]([O-])C1(C)C=CC=CC1. The third kappa shape index (κ3) is 1.44. The summed E-state index contributed by atoms with van der Waals surface area (Å²) in [5, 5.41) is 0. The predicted molar refractivity (Wildman–Crippen MR) is 45.4 cm³/mol. The van der Waals surface area contributed by atoms with Gasteiger partial charge in [0.25, 0.3) is 0 Å². The van der Waals surface area contributed by atoms with Gasteiger partial charge in [0.1, 0.15) is 4.75 Å². The first kappa shape index (κ1) is 7.89. The molecule has 1 rings (SSSR count). The van der Waals surface area contributed by atoms with Gasteiger partial charge < -0.3 is 4.55 Å². The topological polar surface area (TPSA) is 23.1 Å². The summed E-state index contributed by atoms with van der Waals surface area (Å²) in [4.78, 5) is 0. The van der Waals surface area contributed by atoms with Crippen LogP contribution in [0.2, 0.25) is 0 Å². The molecular weight excluding hydrogens is 144 g/mol. The zero-order valence-corrected chi connectivity index (χ0v) is 7.15. The molecule has 10 heavy (non-hydrogen) atoms.